The van der Waals surface area contributed by atoms with E-state index < -0.39 is 5.92 Å². The molecule has 1 heterocycles. The number of benzene rings is 1. The van der Waals surface area contributed by atoms with Crippen molar-refractivity contribution in [3.8, 4) is 0 Å². The van der Waals surface area contributed by atoms with Crippen molar-refractivity contribution in [3.05, 3.63) is 34.9 Å². The first-order chi connectivity index (χ1) is 7.97. The summed E-state index contributed by atoms with van der Waals surface area (Å²) in [7, 11) is 0. The summed E-state index contributed by atoms with van der Waals surface area (Å²) in [5.41, 5.74) is 2.06. The second-order valence-corrected chi connectivity index (χ2v) is 5.11. The van der Waals surface area contributed by atoms with Gasteiger partial charge in [0.1, 0.15) is 0 Å². The Balaban J connectivity index is 2.26. The third-order valence-corrected chi connectivity index (χ3v) is 3.40. The van der Waals surface area contributed by atoms with E-state index in [9.17, 15) is 8.78 Å². The fraction of sp³-hybridized carbons (Fsp3) is 0.571. The number of rotatable bonds is 3. The highest BCUT2D eigenvalue weighted by molar-refractivity contribution is 5.34. The Morgan fingerprint density at radius 1 is 1.41 bits per heavy atom. The van der Waals surface area contributed by atoms with Gasteiger partial charge in [0.25, 0.3) is 5.92 Å². The van der Waals surface area contributed by atoms with Gasteiger partial charge in [-0.1, -0.05) is 23.8 Å². The second-order valence-electron chi connectivity index (χ2n) is 5.11. The molecule has 17 heavy (non-hydrogen) atoms. The van der Waals surface area contributed by atoms with Crippen LogP contribution in [0.4, 0.5) is 8.78 Å². The van der Waals surface area contributed by atoms with E-state index in [1.54, 1.807) is 12.1 Å². The van der Waals surface area contributed by atoms with Crippen LogP contribution in [0.5, 0.6) is 0 Å². The van der Waals surface area contributed by atoms with Crippen molar-refractivity contribution in [2.24, 2.45) is 5.92 Å². The monoisotopic (exact) mass is 239 g/mol. The van der Waals surface area contributed by atoms with Crippen molar-refractivity contribution in [2.45, 2.75) is 32.6 Å². The van der Waals surface area contributed by atoms with Crippen LogP contribution in [-0.2, 0) is 12.3 Å². The minimum absolute atomic E-state index is 0.190. The number of aryl methyl sites for hydroxylation is 1. The van der Waals surface area contributed by atoms with Gasteiger partial charge in [0.2, 0.25) is 0 Å². The maximum atomic E-state index is 13.5. The molecule has 0 radical (unpaired) electrons. The molecule has 1 fully saturated rings. The molecule has 1 aliphatic rings. The molecule has 0 bridgehead atoms. The van der Waals surface area contributed by atoms with E-state index in [0.717, 1.165) is 44.0 Å². The highest BCUT2D eigenvalue weighted by Crippen LogP contribution is 2.32. The minimum Gasteiger partial charge on any atom is -0.316 e. The van der Waals surface area contributed by atoms with Gasteiger partial charge in [-0.25, -0.2) is 8.78 Å². The third-order valence-electron chi connectivity index (χ3n) is 3.40. The van der Waals surface area contributed by atoms with Crippen LogP contribution in [0.1, 0.15) is 30.0 Å². The van der Waals surface area contributed by atoms with Gasteiger partial charge in [-0.05, 0) is 44.3 Å². The first-order valence-corrected chi connectivity index (χ1v) is 6.15. The molecule has 2 rings (SSSR count). The molecule has 1 aliphatic heterocycles. The van der Waals surface area contributed by atoms with E-state index in [4.69, 9.17) is 0 Å². The Morgan fingerprint density at radius 3 is 2.76 bits per heavy atom. The van der Waals surface area contributed by atoms with Crippen molar-refractivity contribution >= 4 is 0 Å². The quantitative estimate of drug-likeness (QED) is 0.853. The molecule has 0 spiro atoms. The second kappa shape index (κ2) is 4.73. The van der Waals surface area contributed by atoms with Crippen LogP contribution in [0.15, 0.2) is 18.2 Å². The molecule has 1 aromatic carbocycles. The van der Waals surface area contributed by atoms with Crippen molar-refractivity contribution in [2.75, 3.05) is 13.1 Å². The summed E-state index contributed by atoms with van der Waals surface area (Å²) in [4.78, 5) is 0. The molecule has 0 saturated carbocycles. The van der Waals surface area contributed by atoms with Crippen LogP contribution in [0.3, 0.4) is 0 Å². The summed E-state index contributed by atoms with van der Waals surface area (Å²) >= 11 is 0. The molecular weight excluding hydrogens is 220 g/mol. The van der Waals surface area contributed by atoms with E-state index in [0.29, 0.717) is 5.92 Å². The van der Waals surface area contributed by atoms with Gasteiger partial charge >= 0.3 is 0 Å². The maximum absolute atomic E-state index is 13.5. The van der Waals surface area contributed by atoms with Crippen LogP contribution >= 0.6 is 0 Å². The number of hydrogen-bond acceptors (Lipinski definition) is 1. The fourth-order valence-corrected chi connectivity index (χ4v) is 2.52. The molecule has 0 aromatic heterocycles. The molecule has 1 unspecified atom stereocenters. The molecule has 1 atom stereocenters. The first-order valence-electron chi connectivity index (χ1n) is 6.15. The number of hydrogen-bond donors (Lipinski definition) is 1. The van der Waals surface area contributed by atoms with Crippen molar-refractivity contribution in [1.82, 2.24) is 5.32 Å². The van der Waals surface area contributed by atoms with E-state index in [1.807, 2.05) is 13.0 Å². The standard InChI is InChI=1S/C14H19F2N/c1-10-3-4-13(14(2,15)16)12(7-10)8-11-5-6-17-9-11/h3-4,7,11,17H,5-6,8-9H2,1-2H3. The molecule has 1 aromatic rings. The smallest absolute Gasteiger partial charge is 0.270 e. The molecule has 94 valence electrons. The van der Waals surface area contributed by atoms with E-state index in [2.05, 4.69) is 5.32 Å². The number of nitrogens with one attached hydrogen (secondary N) is 1. The molecule has 1 nitrogen and oxygen atoms in total. The zero-order chi connectivity index (χ0) is 12.5. The summed E-state index contributed by atoms with van der Waals surface area (Å²) < 4.78 is 27.0. The van der Waals surface area contributed by atoms with Gasteiger partial charge in [-0.15, -0.1) is 0 Å². The molecule has 1 N–H and O–H groups in total. The predicted molar refractivity (Wildman–Crippen MR) is 65.4 cm³/mol. The number of alkyl halides is 2. The van der Waals surface area contributed by atoms with E-state index in [-0.39, 0.29) is 5.56 Å². The third kappa shape index (κ3) is 3.03. The highest BCUT2D eigenvalue weighted by atomic mass is 19.3. The molecule has 0 amide bonds. The summed E-state index contributed by atoms with van der Waals surface area (Å²) in [6, 6.07) is 5.25. The Kier molecular flexibility index (Phi) is 3.48. The zero-order valence-corrected chi connectivity index (χ0v) is 10.4. The first kappa shape index (κ1) is 12.5. The summed E-state index contributed by atoms with van der Waals surface area (Å²) in [5.74, 6) is -2.24. The highest BCUT2D eigenvalue weighted by Gasteiger charge is 2.28. The van der Waals surface area contributed by atoms with Crippen LogP contribution in [0.25, 0.3) is 0 Å². The number of halogens is 2. The van der Waals surface area contributed by atoms with Crippen LogP contribution in [0.2, 0.25) is 0 Å². The van der Waals surface area contributed by atoms with Gasteiger partial charge in [-0.3, -0.25) is 0 Å². The lowest BCUT2D eigenvalue weighted by Crippen LogP contribution is -2.15. The van der Waals surface area contributed by atoms with E-state index in [1.165, 1.54) is 0 Å². The van der Waals surface area contributed by atoms with Gasteiger partial charge in [-0.2, -0.15) is 0 Å². The molecule has 1 saturated heterocycles. The summed E-state index contributed by atoms with van der Waals surface area (Å²) in [6.45, 7) is 4.89. The Morgan fingerprint density at radius 2 is 2.18 bits per heavy atom. The van der Waals surface area contributed by atoms with Crippen LogP contribution in [0, 0.1) is 12.8 Å². The molecule has 0 aliphatic carbocycles. The average molecular weight is 239 g/mol. The predicted octanol–water partition coefficient (Wildman–Crippen LogP) is 3.26. The molecule has 3 heteroatoms. The lowest BCUT2D eigenvalue weighted by molar-refractivity contribution is 0.0164. The van der Waals surface area contributed by atoms with Crippen LogP contribution in [-0.4, -0.2) is 13.1 Å². The molecular formula is C14H19F2N. The van der Waals surface area contributed by atoms with Crippen molar-refractivity contribution < 1.29 is 8.78 Å². The Labute approximate surface area is 101 Å². The minimum atomic E-state index is -2.74. The van der Waals surface area contributed by atoms with E-state index >= 15 is 0 Å². The van der Waals surface area contributed by atoms with Crippen LogP contribution < -0.4 is 5.32 Å². The summed E-state index contributed by atoms with van der Waals surface area (Å²) in [6.07, 6.45) is 1.84. The summed E-state index contributed by atoms with van der Waals surface area (Å²) in [5, 5.41) is 3.28. The Hall–Kier alpha value is -0.960. The lowest BCUT2D eigenvalue weighted by atomic mass is 9.91. The largest absolute Gasteiger partial charge is 0.316 e. The normalized spacial score (nSPS) is 20.8. The van der Waals surface area contributed by atoms with Gasteiger partial charge in [0, 0.05) is 12.5 Å². The van der Waals surface area contributed by atoms with Crippen molar-refractivity contribution in [1.29, 1.82) is 0 Å². The fourth-order valence-electron chi connectivity index (χ4n) is 2.52. The Bertz CT molecular complexity index is 390. The topological polar surface area (TPSA) is 12.0 Å². The lowest BCUT2D eigenvalue weighted by Gasteiger charge is -2.18. The van der Waals surface area contributed by atoms with Gasteiger partial charge in [0.15, 0.2) is 0 Å². The van der Waals surface area contributed by atoms with Gasteiger partial charge < -0.3 is 5.32 Å². The maximum Gasteiger partial charge on any atom is 0.270 e. The van der Waals surface area contributed by atoms with Crippen molar-refractivity contribution in [3.63, 3.8) is 0 Å². The SMILES string of the molecule is Cc1ccc(C(C)(F)F)c(CC2CCNC2)c1. The van der Waals surface area contributed by atoms with Gasteiger partial charge in [0.05, 0.1) is 0 Å². The zero-order valence-electron chi connectivity index (χ0n) is 10.4. The average Bonchev–Trinajstić information content (AvgIpc) is 2.68.